The number of aryl methyl sites for hydroxylation is 1. The predicted octanol–water partition coefficient (Wildman–Crippen LogP) is 1.91. The third-order valence-corrected chi connectivity index (χ3v) is 5.76. The van der Waals surface area contributed by atoms with Crippen LogP contribution in [0.5, 0.6) is 0 Å². The lowest BCUT2D eigenvalue weighted by atomic mass is 10.1. The Kier molecular flexibility index (Phi) is 5.46. The monoisotopic (exact) mass is 401 g/mol. The van der Waals surface area contributed by atoms with Crippen molar-refractivity contribution in [2.45, 2.75) is 24.0 Å². The first-order valence-electron chi connectivity index (χ1n) is 8.50. The van der Waals surface area contributed by atoms with Gasteiger partial charge in [0.25, 0.3) is 21.9 Å². The van der Waals surface area contributed by atoms with Crippen LogP contribution in [0.1, 0.15) is 26.3 Å². The summed E-state index contributed by atoms with van der Waals surface area (Å²) in [4.78, 5) is 25.9. The van der Waals surface area contributed by atoms with Crippen molar-refractivity contribution in [1.82, 2.24) is 4.90 Å². The molecular formula is C20H19NO6S. The first-order chi connectivity index (χ1) is 13.3. The molecule has 3 rings (SSSR count). The van der Waals surface area contributed by atoms with Gasteiger partial charge in [0.2, 0.25) is 0 Å². The Morgan fingerprint density at radius 2 is 1.61 bits per heavy atom. The second kappa shape index (κ2) is 7.67. The number of hydrogen-bond donors (Lipinski definition) is 1. The molecule has 1 N–H and O–H groups in total. The van der Waals surface area contributed by atoms with Crippen LogP contribution in [0.15, 0.2) is 66.1 Å². The van der Waals surface area contributed by atoms with Crippen molar-refractivity contribution >= 4 is 21.9 Å². The van der Waals surface area contributed by atoms with E-state index in [4.69, 9.17) is 4.18 Å². The van der Waals surface area contributed by atoms with Crippen molar-refractivity contribution in [2.75, 3.05) is 6.61 Å². The Morgan fingerprint density at radius 1 is 1.07 bits per heavy atom. The Morgan fingerprint density at radius 3 is 2.11 bits per heavy atom. The molecule has 0 fully saturated rings. The molecule has 2 atom stereocenters. The number of hydrogen-bond acceptors (Lipinski definition) is 6. The number of rotatable bonds is 7. The molecule has 146 valence electrons. The fourth-order valence-corrected chi connectivity index (χ4v) is 3.87. The molecule has 0 unspecified atom stereocenters. The summed E-state index contributed by atoms with van der Waals surface area (Å²) in [6.45, 7) is 4.74. The average molecular weight is 401 g/mol. The van der Waals surface area contributed by atoms with E-state index in [0.717, 1.165) is 10.5 Å². The molecule has 0 aromatic heterocycles. The number of fused-ring (bicyclic) bond motifs is 1. The quantitative estimate of drug-likeness (QED) is 0.432. The van der Waals surface area contributed by atoms with E-state index in [0.29, 0.717) is 0 Å². The number of nitrogens with zero attached hydrogens (tertiary/aromatic N) is 1. The zero-order valence-corrected chi connectivity index (χ0v) is 15.9. The molecule has 0 aliphatic carbocycles. The maximum Gasteiger partial charge on any atom is 0.297 e. The third-order valence-electron chi connectivity index (χ3n) is 4.46. The number of imide groups is 1. The van der Waals surface area contributed by atoms with E-state index in [9.17, 15) is 23.1 Å². The minimum absolute atomic E-state index is 0.0545. The molecule has 2 aromatic carbocycles. The number of carbonyl (C=O) groups excluding carboxylic acids is 2. The largest absolute Gasteiger partial charge is 0.388 e. The lowest BCUT2D eigenvalue weighted by Crippen LogP contribution is -2.47. The minimum atomic E-state index is -4.10. The molecule has 0 spiro atoms. The van der Waals surface area contributed by atoms with Crippen LogP contribution >= 0.6 is 0 Å². The second-order valence-corrected chi connectivity index (χ2v) is 7.99. The number of aliphatic hydroxyl groups excluding tert-OH is 1. The van der Waals surface area contributed by atoms with Gasteiger partial charge in [-0.15, -0.1) is 6.58 Å². The van der Waals surface area contributed by atoms with E-state index in [1.807, 2.05) is 6.92 Å². The van der Waals surface area contributed by atoms with Gasteiger partial charge in [-0.25, -0.2) is 0 Å². The van der Waals surface area contributed by atoms with Crippen LogP contribution in [-0.4, -0.2) is 49.0 Å². The molecule has 1 heterocycles. The summed E-state index contributed by atoms with van der Waals surface area (Å²) in [6.07, 6.45) is -0.256. The Bertz CT molecular complexity index is 994. The van der Waals surface area contributed by atoms with E-state index in [1.54, 1.807) is 24.3 Å². The molecule has 1 aliphatic heterocycles. The van der Waals surface area contributed by atoms with Crippen LogP contribution in [0.2, 0.25) is 0 Å². The summed E-state index contributed by atoms with van der Waals surface area (Å²) in [7, 11) is -4.10. The predicted molar refractivity (Wildman–Crippen MR) is 101 cm³/mol. The van der Waals surface area contributed by atoms with Crippen LogP contribution < -0.4 is 0 Å². The smallest absolute Gasteiger partial charge is 0.297 e. The summed E-state index contributed by atoms with van der Waals surface area (Å²) in [6, 6.07) is 11.2. The molecule has 0 saturated carbocycles. The van der Waals surface area contributed by atoms with Crippen LogP contribution in [0.25, 0.3) is 0 Å². The molecular weight excluding hydrogens is 382 g/mol. The van der Waals surface area contributed by atoms with Gasteiger partial charge in [-0.05, 0) is 31.2 Å². The lowest BCUT2D eigenvalue weighted by molar-refractivity contribution is 0.0315. The van der Waals surface area contributed by atoms with Gasteiger partial charge in [0.15, 0.2) is 0 Å². The van der Waals surface area contributed by atoms with Gasteiger partial charge in [0, 0.05) is 0 Å². The number of carbonyl (C=O) groups is 2. The summed E-state index contributed by atoms with van der Waals surface area (Å²) in [5.74, 6) is -1.16. The summed E-state index contributed by atoms with van der Waals surface area (Å²) in [5, 5.41) is 10.4. The van der Waals surface area contributed by atoms with E-state index < -0.39 is 40.7 Å². The van der Waals surface area contributed by atoms with E-state index in [-0.39, 0.29) is 16.0 Å². The van der Waals surface area contributed by atoms with Crippen molar-refractivity contribution < 1.29 is 27.3 Å². The van der Waals surface area contributed by atoms with Gasteiger partial charge >= 0.3 is 0 Å². The molecule has 0 bridgehead atoms. The molecule has 0 radical (unpaired) electrons. The Hall–Kier alpha value is -2.81. The van der Waals surface area contributed by atoms with Crippen molar-refractivity contribution in [3.05, 3.63) is 77.9 Å². The summed E-state index contributed by atoms with van der Waals surface area (Å²) < 4.78 is 29.5. The van der Waals surface area contributed by atoms with E-state index in [1.165, 1.54) is 30.3 Å². The highest BCUT2D eigenvalue weighted by molar-refractivity contribution is 7.86. The van der Waals surface area contributed by atoms with Crippen LogP contribution in [0.4, 0.5) is 0 Å². The maximum absolute atomic E-state index is 12.6. The molecule has 1 aliphatic rings. The van der Waals surface area contributed by atoms with E-state index >= 15 is 0 Å². The van der Waals surface area contributed by atoms with Gasteiger partial charge in [-0.3, -0.25) is 18.7 Å². The van der Waals surface area contributed by atoms with Gasteiger partial charge in [-0.1, -0.05) is 35.9 Å². The van der Waals surface area contributed by atoms with Crippen molar-refractivity contribution in [2.24, 2.45) is 0 Å². The summed E-state index contributed by atoms with van der Waals surface area (Å²) >= 11 is 0. The normalized spacial score (nSPS) is 16.0. The molecule has 28 heavy (non-hydrogen) atoms. The van der Waals surface area contributed by atoms with Gasteiger partial charge in [-0.2, -0.15) is 8.42 Å². The zero-order valence-electron chi connectivity index (χ0n) is 15.1. The average Bonchev–Trinajstić information content (AvgIpc) is 2.93. The van der Waals surface area contributed by atoms with Gasteiger partial charge in [0.05, 0.1) is 28.7 Å². The third kappa shape index (κ3) is 3.62. The Balaban J connectivity index is 1.75. The maximum atomic E-state index is 12.6. The minimum Gasteiger partial charge on any atom is -0.388 e. The van der Waals surface area contributed by atoms with Crippen LogP contribution in [0, 0.1) is 6.92 Å². The fourth-order valence-electron chi connectivity index (χ4n) is 2.94. The number of benzene rings is 2. The highest BCUT2D eigenvalue weighted by Gasteiger charge is 2.41. The fraction of sp³-hybridized carbons (Fsp3) is 0.200. The molecule has 8 heteroatoms. The summed E-state index contributed by atoms with van der Waals surface area (Å²) in [5.41, 5.74) is 1.33. The van der Waals surface area contributed by atoms with Gasteiger partial charge in [0.1, 0.15) is 6.10 Å². The van der Waals surface area contributed by atoms with Crippen molar-refractivity contribution in [1.29, 1.82) is 0 Å². The SMILES string of the molecule is C=C[C@@H]([C@@H](O)COS(=O)(=O)c1ccc(C)cc1)N1C(=O)c2ccccc2C1=O. The molecule has 2 amide bonds. The van der Waals surface area contributed by atoms with Crippen LogP contribution in [0.3, 0.4) is 0 Å². The topological polar surface area (TPSA) is 101 Å². The van der Waals surface area contributed by atoms with Crippen molar-refractivity contribution in [3.63, 3.8) is 0 Å². The molecule has 0 saturated heterocycles. The molecule has 2 aromatic rings. The zero-order chi connectivity index (χ0) is 20.5. The standard InChI is InChI=1S/C20H19NO6S/c1-3-17(21-19(23)15-6-4-5-7-16(15)20(21)24)18(22)12-27-28(25,26)14-10-8-13(2)9-11-14/h3-11,17-18,22H,1,12H2,2H3/t17-,18-/m0/s1. The molecule has 7 nitrogen and oxygen atoms in total. The number of aliphatic hydroxyl groups is 1. The lowest BCUT2D eigenvalue weighted by Gasteiger charge is -2.27. The number of amides is 2. The second-order valence-electron chi connectivity index (χ2n) is 6.37. The van der Waals surface area contributed by atoms with Crippen LogP contribution in [-0.2, 0) is 14.3 Å². The first-order valence-corrected chi connectivity index (χ1v) is 9.90. The Labute approximate surface area is 163 Å². The van der Waals surface area contributed by atoms with Gasteiger partial charge < -0.3 is 5.11 Å². The highest BCUT2D eigenvalue weighted by Crippen LogP contribution is 2.26. The first kappa shape index (κ1) is 19.9. The van der Waals surface area contributed by atoms with E-state index in [2.05, 4.69) is 6.58 Å². The highest BCUT2D eigenvalue weighted by atomic mass is 32.2. The van der Waals surface area contributed by atoms with Crippen molar-refractivity contribution in [3.8, 4) is 0 Å².